The standard InChI is InChI=1S/C16H8BrClN2O/c17-13-3-1-2-11(15(13)18)16(21)12-8-20-14-6-9(7-19)4-5-10(12)14/h1-6,8,20H. The van der Waals surface area contributed by atoms with Crippen molar-refractivity contribution < 1.29 is 4.79 Å². The molecule has 0 aliphatic carbocycles. The van der Waals surface area contributed by atoms with Crippen LogP contribution in [0.4, 0.5) is 0 Å². The highest BCUT2D eigenvalue weighted by atomic mass is 79.9. The van der Waals surface area contributed by atoms with Crippen LogP contribution in [0.3, 0.4) is 0 Å². The lowest BCUT2D eigenvalue weighted by atomic mass is 10.0. The summed E-state index contributed by atoms with van der Waals surface area (Å²) in [7, 11) is 0. The lowest BCUT2D eigenvalue weighted by Gasteiger charge is -2.04. The van der Waals surface area contributed by atoms with Gasteiger partial charge < -0.3 is 4.98 Å². The number of hydrogen-bond donors (Lipinski definition) is 1. The zero-order chi connectivity index (χ0) is 15.0. The van der Waals surface area contributed by atoms with Crippen molar-refractivity contribution >= 4 is 44.2 Å². The highest BCUT2D eigenvalue weighted by Gasteiger charge is 2.18. The van der Waals surface area contributed by atoms with E-state index in [1.165, 1.54) is 0 Å². The summed E-state index contributed by atoms with van der Waals surface area (Å²) in [6.07, 6.45) is 1.64. The molecule has 5 heteroatoms. The van der Waals surface area contributed by atoms with Crippen LogP contribution < -0.4 is 0 Å². The van der Waals surface area contributed by atoms with Crippen LogP contribution in [0.1, 0.15) is 21.5 Å². The number of rotatable bonds is 2. The van der Waals surface area contributed by atoms with Crippen LogP contribution in [0.2, 0.25) is 5.02 Å². The van der Waals surface area contributed by atoms with Crippen molar-refractivity contribution in [3.8, 4) is 6.07 Å². The van der Waals surface area contributed by atoms with Crippen LogP contribution in [0, 0.1) is 11.3 Å². The molecule has 0 spiro atoms. The first kappa shape index (κ1) is 13.9. The molecule has 1 aromatic heterocycles. The average molecular weight is 360 g/mol. The molecule has 3 rings (SSSR count). The number of nitrogens with zero attached hydrogens (tertiary/aromatic N) is 1. The maximum absolute atomic E-state index is 12.7. The minimum absolute atomic E-state index is 0.155. The summed E-state index contributed by atoms with van der Waals surface area (Å²) in [4.78, 5) is 15.7. The molecule has 3 nitrogen and oxygen atoms in total. The Bertz CT molecular complexity index is 908. The van der Waals surface area contributed by atoms with Crippen molar-refractivity contribution in [3.05, 3.63) is 68.8 Å². The second-order valence-electron chi connectivity index (χ2n) is 4.51. The summed E-state index contributed by atoms with van der Waals surface area (Å²) in [5, 5.41) is 10.1. The normalized spacial score (nSPS) is 10.5. The highest BCUT2D eigenvalue weighted by molar-refractivity contribution is 9.10. The van der Waals surface area contributed by atoms with E-state index in [1.54, 1.807) is 42.6 Å². The van der Waals surface area contributed by atoms with Gasteiger partial charge in [0.05, 0.1) is 16.7 Å². The Hall–Kier alpha value is -2.09. The molecule has 0 fully saturated rings. The average Bonchev–Trinajstić information content (AvgIpc) is 2.92. The van der Waals surface area contributed by atoms with Crippen LogP contribution >= 0.6 is 27.5 Å². The quantitative estimate of drug-likeness (QED) is 0.675. The summed E-state index contributed by atoms with van der Waals surface area (Å²) in [6.45, 7) is 0. The second-order valence-corrected chi connectivity index (χ2v) is 5.74. The first-order valence-electron chi connectivity index (χ1n) is 6.12. The Morgan fingerprint density at radius 1 is 1.24 bits per heavy atom. The number of H-pyrrole nitrogens is 1. The topological polar surface area (TPSA) is 56.6 Å². The summed E-state index contributed by atoms with van der Waals surface area (Å²) in [5.74, 6) is -0.155. The number of carbonyl (C=O) groups excluding carboxylic acids is 1. The van der Waals surface area contributed by atoms with E-state index in [-0.39, 0.29) is 5.78 Å². The molecule has 21 heavy (non-hydrogen) atoms. The number of carbonyl (C=O) groups is 1. The lowest BCUT2D eigenvalue weighted by molar-refractivity contribution is 0.104. The SMILES string of the molecule is N#Cc1ccc2c(C(=O)c3cccc(Br)c3Cl)c[nH]c2c1. The van der Waals surface area contributed by atoms with E-state index in [2.05, 4.69) is 27.0 Å². The van der Waals surface area contributed by atoms with Crippen molar-refractivity contribution in [2.75, 3.05) is 0 Å². The van der Waals surface area contributed by atoms with Gasteiger partial charge in [-0.05, 0) is 40.2 Å². The molecule has 3 aromatic rings. The van der Waals surface area contributed by atoms with Crippen LogP contribution in [-0.2, 0) is 0 Å². The number of hydrogen-bond acceptors (Lipinski definition) is 2. The molecule has 0 saturated carbocycles. The molecule has 0 saturated heterocycles. The Morgan fingerprint density at radius 3 is 2.81 bits per heavy atom. The fraction of sp³-hybridized carbons (Fsp3) is 0. The molecule has 0 unspecified atom stereocenters. The van der Waals surface area contributed by atoms with E-state index < -0.39 is 0 Å². The minimum Gasteiger partial charge on any atom is -0.360 e. The Labute approximate surface area is 134 Å². The Balaban J connectivity index is 2.15. The second kappa shape index (κ2) is 5.36. The van der Waals surface area contributed by atoms with E-state index in [0.29, 0.717) is 26.2 Å². The summed E-state index contributed by atoms with van der Waals surface area (Å²) in [6, 6.07) is 12.5. The van der Waals surface area contributed by atoms with E-state index in [4.69, 9.17) is 16.9 Å². The van der Waals surface area contributed by atoms with Gasteiger partial charge >= 0.3 is 0 Å². The summed E-state index contributed by atoms with van der Waals surface area (Å²) >= 11 is 9.50. The van der Waals surface area contributed by atoms with Gasteiger partial charge in [0.2, 0.25) is 0 Å². The van der Waals surface area contributed by atoms with Gasteiger partial charge in [0.1, 0.15) is 0 Å². The van der Waals surface area contributed by atoms with Gasteiger partial charge in [-0.1, -0.05) is 23.7 Å². The van der Waals surface area contributed by atoms with E-state index in [0.717, 1.165) is 10.9 Å². The third-order valence-corrected chi connectivity index (χ3v) is 4.55. The third kappa shape index (κ3) is 2.35. The number of aromatic amines is 1. The van der Waals surface area contributed by atoms with Gasteiger partial charge in [-0.3, -0.25) is 4.79 Å². The van der Waals surface area contributed by atoms with Crippen LogP contribution in [0.15, 0.2) is 47.1 Å². The largest absolute Gasteiger partial charge is 0.360 e. The number of nitrogens with one attached hydrogen (secondary N) is 1. The van der Waals surface area contributed by atoms with Gasteiger partial charge in [0.25, 0.3) is 0 Å². The number of halogens is 2. The zero-order valence-corrected chi connectivity index (χ0v) is 13.0. The van der Waals surface area contributed by atoms with Gasteiger partial charge in [0.15, 0.2) is 5.78 Å². The third-order valence-electron chi connectivity index (χ3n) is 3.25. The van der Waals surface area contributed by atoms with Crippen molar-refractivity contribution in [1.29, 1.82) is 5.26 Å². The molecule has 0 aliphatic rings. The number of aromatic nitrogens is 1. The van der Waals surface area contributed by atoms with E-state index in [9.17, 15) is 4.79 Å². The molecular formula is C16H8BrClN2O. The van der Waals surface area contributed by atoms with Crippen LogP contribution in [0.5, 0.6) is 0 Å². The Kier molecular flexibility index (Phi) is 3.54. The lowest BCUT2D eigenvalue weighted by Crippen LogP contribution is -2.01. The molecule has 102 valence electrons. The molecule has 0 radical (unpaired) electrons. The van der Waals surface area contributed by atoms with Gasteiger partial charge in [-0.15, -0.1) is 0 Å². The minimum atomic E-state index is -0.155. The summed E-state index contributed by atoms with van der Waals surface area (Å²) in [5.41, 5.74) is 2.28. The number of ketones is 1. The maximum Gasteiger partial charge on any atom is 0.196 e. The van der Waals surface area contributed by atoms with Crippen LogP contribution in [0.25, 0.3) is 10.9 Å². The number of benzene rings is 2. The number of fused-ring (bicyclic) bond motifs is 1. The highest BCUT2D eigenvalue weighted by Crippen LogP contribution is 2.29. The fourth-order valence-electron chi connectivity index (χ4n) is 2.21. The van der Waals surface area contributed by atoms with E-state index >= 15 is 0 Å². The smallest absolute Gasteiger partial charge is 0.196 e. The van der Waals surface area contributed by atoms with Gasteiger partial charge in [-0.25, -0.2) is 0 Å². The molecule has 0 atom stereocenters. The molecule has 0 aliphatic heterocycles. The molecular weight excluding hydrogens is 352 g/mol. The first-order valence-corrected chi connectivity index (χ1v) is 7.29. The van der Waals surface area contributed by atoms with Crippen LogP contribution in [-0.4, -0.2) is 10.8 Å². The van der Waals surface area contributed by atoms with Gasteiger partial charge in [-0.2, -0.15) is 5.26 Å². The fourth-order valence-corrected chi connectivity index (χ4v) is 2.79. The van der Waals surface area contributed by atoms with Crippen molar-refractivity contribution in [2.24, 2.45) is 0 Å². The molecule has 0 bridgehead atoms. The monoisotopic (exact) mass is 358 g/mol. The number of nitriles is 1. The molecule has 1 heterocycles. The maximum atomic E-state index is 12.7. The predicted molar refractivity (Wildman–Crippen MR) is 85.6 cm³/mol. The molecule has 1 N–H and O–H groups in total. The van der Waals surface area contributed by atoms with Crippen molar-refractivity contribution in [3.63, 3.8) is 0 Å². The predicted octanol–water partition coefficient (Wildman–Crippen LogP) is 4.69. The van der Waals surface area contributed by atoms with Crippen molar-refractivity contribution in [1.82, 2.24) is 4.98 Å². The van der Waals surface area contributed by atoms with Gasteiger partial charge in [0, 0.05) is 32.7 Å². The first-order chi connectivity index (χ1) is 10.1. The summed E-state index contributed by atoms with van der Waals surface area (Å²) < 4.78 is 0.682. The molecule has 2 aromatic carbocycles. The molecule has 0 amide bonds. The van der Waals surface area contributed by atoms with E-state index in [1.807, 2.05) is 0 Å². The Morgan fingerprint density at radius 2 is 2.05 bits per heavy atom. The van der Waals surface area contributed by atoms with Crippen molar-refractivity contribution in [2.45, 2.75) is 0 Å². The zero-order valence-electron chi connectivity index (χ0n) is 10.7.